The molecule has 2 aromatic rings. The van der Waals surface area contributed by atoms with E-state index in [2.05, 4.69) is 56.8 Å². The van der Waals surface area contributed by atoms with Gasteiger partial charge in [0.05, 0.1) is 25.4 Å². The maximum Gasteiger partial charge on any atom is 0.194 e. The Labute approximate surface area is 159 Å². The van der Waals surface area contributed by atoms with E-state index in [1.54, 1.807) is 11.3 Å². The highest BCUT2D eigenvalue weighted by Crippen LogP contribution is 2.25. The quantitative estimate of drug-likeness (QED) is 0.660. The van der Waals surface area contributed by atoms with Gasteiger partial charge in [0, 0.05) is 33.1 Å². The van der Waals surface area contributed by atoms with E-state index in [9.17, 15) is 0 Å². The molecule has 0 bridgehead atoms. The van der Waals surface area contributed by atoms with Crippen molar-refractivity contribution in [1.82, 2.24) is 15.2 Å². The molecule has 1 unspecified atom stereocenters. The number of aliphatic imine (C=N–C) groups is 1. The second kappa shape index (κ2) is 8.51. The predicted molar refractivity (Wildman–Crippen MR) is 108 cm³/mol. The van der Waals surface area contributed by atoms with Crippen molar-refractivity contribution in [3.63, 3.8) is 0 Å². The first-order chi connectivity index (χ1) is 12.6. The third-order valence-corrected chi connectivity index (χ3v) is 5.52. The summed E-state index contributed by atoms with van der Waals surface area (Å²) < 4.78 is 6.02. The molecule has 2 heterocycles. The Morgan fingerprint density at radius 1 is 1.42 bits per heavy atom. The van der Waals surface area contributed by atoms with Crippen molar-refractivity contribution in [3.8, 4) is 0 Å². The summed E-state index contributed by atoms with van der Waals surface area (Å²) in [6, 6.07) is 8.42. The first-order valence-corrected chi connectivity index (χ1v) is 9.71. The van der Waals surface area contributed by atoms with E-state index in [1.165, 1.54) is 11.1 Å². The first-order valence-electron chi connectivity index (χ1n) is 8.83. The number of guanidine groups is 1. The van der Waals surface area contributed by atoms with Gasteiger partial charge in [0.1, 0.15) is 6.10 Å². The topological polar surface area (TPSA) is 53.0 Å². The SMILES string of the molecule is CN=C(NCc1csc(N(C)C)n1)N1CCOC(c2ccccc2C)C1. The minimum Gasteiger partial charge on any atom is -0.370 e. The van der Waals surface area contributed by atoms with Crippen LogP contribution in [0.1, 0.15) is 22.9 Å². The Morgan fingerprint density at radius 2 is 2.23 bits per heavy atom. The largest absolute Gasteiger partial charge is 0.370 e. The van der Waals surface area contributed by atoms with Crippen LogP contribution in [0.25, 0.3) is 0 Å². The minimum atomic E-state index is 0.0723. The maximum absolute atomic E-state index is 6.02. The fourth-order valence-corrected chi connectivity index (χ4v) is 3.82. The molecule has 0 amide bonds. The molecule has 7 heteroatoms. The van der Waals surface area contributed by atoms with E-state index in [4.69, 9.17) is 4.74 Å². The normalized spacial score (nSPS) is 18.1. The lowest BCUT2D eigenvalue weighted by Gasteiger charge is -2.35. The van der Waals surface area contributed by atoms with Crippen LogP contribution in [0.3, 0.4) is 0 Å². The van der Waals surface area contributed by atoms with Crippen molar-refractivity contribution in [2.45, 2.75) is 19.6 Å². The number of rotatable bonds is 4. The smallest absolute Gasteiger partial charge is 0.194 e. The second-order valence-electron chi connectivity index (χ2n) is 6.58. The number of anilines is 1. The number of hydrogen-bond acceptors (Lipinski definition) is 5. The standard InChI is InChI=1S/C19H27N5OS/c1-14-7-5-6-8-16(14)17-12-24(9-10-25-17)18(20-2)21-11-15-13-26-19(22-15)23(3)4/h5-8,13,17H,9-12H2,1-4H3,(H,20,21). The molecule has 0 aliphatic carbocycles. The number of thiazole rings is 1. The number of nitrogens with one attached hydrogen (secondary N) is 1. The molecule has 1 atom stereocenters. The van der Waals surface area contributed by atoms with E-state index in [0.717, 1.165) is 29.9 Å². The van der Waals surface area contributed by atoms with E-state index in [-0.39, 0.29) is 6.10 Å². The highest BCUT2D eigenvalue weighted by molar-refractivity contribution is 7.13. The number of morpholine rings is 1. The van der Waals surface area contributed by atoms with Crippen LogP contribution in [0, 0.1) is 6.92 Å². The molecule has 1 aliphatic rings. The van der Waals surface area contributed by atoms with Crippen molar-refractivity contribution < 1.29 is 4.74 Å². The van der Waals surface area contributed by atoms with Gasteiger partial charge in [0.2, 0.25) is 0 Å². The van der Waals surface area contributed by atoms with Gasteiger partial charge in [-0.15, -0.1) is 11.3 Å². The van der Waals surface area contributed by atoms with Gasteiger partial charge < -0.3 is 19.9 Å². The van der Waals surface area contributed by atoms with Gasteiger partial charge in [-0.05, 0) is 18.1 Å². The molecule has 1 aromatic heterocycles. The van der Waals surface area contributed by atoms with Crippen LogP contribution in [0.15, 0.2) is 34.6 Å². The van der Waals surface area contributed by atoms with Crippen LogP contribution in [-0.4, -0.2) is 56.7 Å². The van der Waals surface area contributed by atoms with Crippen LogP contribution in [0.5, 0.6) is 0 Å². The minimum absolute atomic E-state index is 0.0723. The van der Waals surface area contributed by atoms with E-state index in [0.29, 0.717) is 13.2 Å². The Morgan fingerprint density at radius 3 is 2.92 bits per heavy atom. The highest BCUT2D eigenvalue weighted by atomic mass is 32.1. The van der Waals surface area contributed by atoms with E-state index in [1.807, 2.05) is 26.0 Å². The molecule has 0 spiro atoms. The monoisotopic (exact) mass is 373 g/mol. The van der Waals surface area contributed by atoms with Crippen LogP contribution in [0.4, 0.5) is 5.13 Å². The zero-order valence-corrected chi connectivity index (χ0v) is 16.7. The van der Waals surface area contributed by atoms with Crippen molar-refractivity contribution >= 4 is 22.4 Å². The lowest BCUT2D eigenvalue weighted by atomic mass is 10.0. The Bertz CT molecular complexity index is 758. The van der Waals surface area contributed by atoms with Gasteiger partial charge in [-0.2, -0.15) is 0 Å². The molecule has 26 heavy (non-hydrogen) atoms. The number of ether oxygens (including phenoxy) is 1. The number of aromatic nitrogens is 1. The van der Waals surface area contributed by atoms with Crippen molar-refractivity contribution in [3.05, 3.63) is 46.5 Å². The Kier molecular flexibility index (Phi) is 6.11. The van der Waals surface area contributed by atoms with Gasteiger partial charge in [-0.25, -0.2) is 4.98 Å². The number of aryl methyl sites for hydroxylation is 1. The van der Waals surface area contributed by atoms with Gasteiger partial charge in [0.25, 0.3) is 0 Å². The zero-order chi connectivity index (χ0) is 18.5. The molecule has 1 aromatic carbocycles. The van der Waals surface area contributed by atoms with Crippen molar-refractivity contribution in [1.29, 1.82) is 0 Å². The summed E-state index contributed by atoms with van der Waals surface area (Å²) in [5.74, 6) is 0.895. The number of hydrogen-bond donors (Lipinski definition) is 1. The maximum atomic E-state index is 6.02. The molecule has 3 rings (SSSR count). The Hall–Kier alpha value is -2.12. The first kappa shape index (κ1) is 18.7. The summed E-state index contributed by atoms with van der Waals surface area (Å²) in [5.41, 5.74) is 3.55. The molecule has 1 fully saturated rings. The average molecular weight is 374 g/mol. The Balaban J connectivity index is 1.63. The highest BCUT2D eigenvalue weighted by Gasteiger charge is 2.25. The number of benzene rings is 1. The molecule has 0 radical (unpaired) electrons. The molecule has 6 nitrogen and oxygen atoms in total. The third kappa shape index (κ3) is 4.34. The van der Waals surface area contributed by atoms with Crippen LogP contribution in [-0.2, 0) is 11.3 Å². The lowest BCUT2D eigenvalue weighted by Crippen LogP contribution is -2.48. The summed E-state index contributed by atoms with van der Waals surface area (Å²) in [5, 5.41) is 6.55. The summed E-state index contributed by atoms with van der Waals surface area (Å²) in [6.07, 6.45) is 0.0723. The molecule has 1 aliphatic heterocycles. The van der Waals surface area contributed by atoms with Crippen LogP contribution in [0.2, 0.25) is 0 Å². The van der Waals surface area contributed by atoms with E-state index < -0.39 is 0 Å². The van der Waals surface area contributed by atoms with Crippen molar-refractivity contribution in [2.24, 2.45) is 4.99 Å². The summed E-state index contributed by atoms with van der Waals surface area (Å²) in [4.78, 5) is 13.4. The lowest BCUT2D eigenvalue weighted by molar-refractivity contribution is -0.00834. The fraction of sp³-hybridized carbons (Fsp3) is 0.474. The molecular formula is C19H27N5OS. The van der Waals surface area contributed by atoms with Gasteiger partial charge >= 0.3 is 0 Å². The summed E-state index contributed by atoms with van der Waals surface area (Å²) >= 11 is 1.65. The second-order valence-corrected chi connectivity index (χ2v) is 7.42. The predicted octanol–water partition coefficient (Wildman–Crippen LogP) is 2.67. The van der Waals surface area contributed by atoms with Crippen molar-refractivity contribution in [2.75, 3.05) is 45.7 Å². The van der Waals surface area contributed by atoms with Gasteiger partial charge in [0.15, 0.2) is 11.1 Å². The zero-order valence-electron chi connectivity index (χ0n) is 15.9. The molecule has 0 saturated carbocycles. The summed E-state index contributed by atoms with van der Waals surface area (Å²) in [7, 11) is 5.84. The molecular weight excluding hydrogens is 346 g/mol. The average Bonchev–Trinajstić information content (AvgIpc) is 3.12. The fourth-order valence-electron chi connectivity index (χ4n) is 3.06. The molecule has 140 valence electrons. The van der Waals surface area contributed by atoms with E-state index >= 15 is 0 Å². The van der Waals surface area contributed by atoms with Crippen LogP contribution >= 0.6 is 11.3 Å². The third-order valence-electron chi connectivity index (χ3n) is 4.46. The summed E-state index contributed by atoms with van der Waals surface area (Å²) in [6.45, 7) is 5.13. The van der Waals surface area contributed by atoms with Crippen LogP contribution < -0.4 is 10.2 Å². The number of nitrogens with zero attached hydrogens (tertiary/aromatic N) is 4. The van der Waals surface area contributed by atoms with Gasteiger partial charge in [-0.1, -0.05) is 24.3 Å². The molecule has 1 N–H and O–H groups in total. The molecule has 1 saturated heterocycles. The van der Waals surface area contributed by atoms with Gasteiger partial charge in [-0.3, -0.25) is 4.99 Å².